The van der Waals surface area contributed by atoms with Crippen molar-refractivity contribution in [1.29, 1.82) is 0 Å². The highest BCUT2D eigenvalue weighted by Crippen LogP contribution is 2.40. The summed E-state index contributed by atoms with van der Waals surface area (Å²) < 4.78 is 0. The zero-order valence-electron chi connectivity index (χ0n) is 19.3. The molecule has 0 aliphatic carbocycles. The second-order valence-electron chi connectivity index (χ2n) is 8.20. The van der Waals surface area contributed by atoms with Gasteiger partial charge in [-0.2, -0.15) is 5.10 Å². The normalized spacial score (nSPS) is 15.7. The molecule has 3 heterocycles. The van der Waals surface area contributed by atoms with E-state index in [9.17, 15) is 19.5 Å². The maximum Gasteiger partial charge on any atom is 0.281 e. The van der Waals surface area contributed by atoms with Crippen LogP contribution >= 0.6 is 45.9 Å². The molecular weight excluding hydrogens is 543 g/mol. The number of benzene rings is 1. The van der Waals surface area contributed by atoms with Gasteiger partial charge in [0.2, 0.25) is 5.91 Å². The third-order valence-electron chi connectivity index (χ3n) is 5.58. The zero-order valence-corrected chi connectivity index (χ0v) is 22.4. The van der Waals surface area contributed by atoms with E-state index in [2.05, 4.69) is 15.8 Å². The predicted molar refractivity (Wildman–Crippen MR) is 144 cm³/mol. The summed E-state index contributed by atoms with van der Waals surface area (Å²) in [6, 6.07) is 8.21. The number of likely N-dealkylation sites (tertiary alicyclic amines) is 1. The van der Waals surface area contributed by atoms with Crippen LogP contribution in [0.2, 0.25) is 10.0 Å². The minimum absolute atomic E-state index is 0.0288. The molecule has 1 aliphatic rings. The molecule has 3 aromatic rings. The van der Waals surface area contributed by atoms with E-state index in [1.165, 1.54) is 18.3 Å². The third-order valence-corrected chi connectivity index (χ3v) is 8.41. The van der Waals surface area contributed by atoms with Gasteiger partial charge >= 0.3 is 0 Å². The third kappa shape index (κ3) is 5.73. The van der Waals surface area contributed by atoms with Crippen LogP contribution < -0.4 is 10.7 Å². The van der Waals surface area contributed by atoms with E-state index in [0.717, 1.165) is 11.3 Å². The van der Waals surface area contributed by atoms with Crippen molar-refractivity contribution in [2.45, 2.75) is 26.3 Å². The van der Waals surface area contributed by atoms with Crippen molar-refractivity contribution in [3.63, 3.8) is 0 Å². The van der Waals surface area contributed by atoms with Gasteiger partial charge in [-0.3, -0.25) is 14.4 Å². The van der Waals surface area contributed by atoms with Gasteiger partial charge in [0.25, 0.3) is 11.8 Å². The van der Waals surface area contributed by atoms with Gasteiger partial charge in [0.15, 0.2) is 0 Å². The molecule has 1 aromatic carbocycles. The van der Waals surface area contributed by atoms with Crippen LogP contribution in [-0.4, -0.2) is 52.6 Å². The number of thiophene rings is 2. The van der Waals surface area contributed by atoms with Gasteiger partial charge in [0, 0.05) is 31.4 Å². The lowest BCUT2D eigenvalue weighted by molar-refractivity contribution is -0.119. The molecule has 3 amide bonds. The number of hydrogen-bond donors (Lipinski definition) is 3. The molecule has 8 nitrogen and oxygen atoms in total. The van der Waals surface area contributed by atoms with Crippen LogP contribution in [0.25, 0.3) is 10.4 Å². The van der Waals surface area contributed by atoms with E-state index in [1.807, 2.05) is 0 Å². The van der Waals surface area contributed by atoms with Gasteiger partial charge < -0.3 is 15.3 Å². The zero-order chi connectivity index (χ0) is 26.0. The number of hydrazone groups is 1. The number of rotatable bonds is 6. The van der Waals surface area contributed by atoms with E-state index < -0.39 is 5.91 Å². The molecule has 0 bridgehead atoms. The molecule has 188 valence electrons. The van der Waals surface area contributed by atoms with Crippen LogP contribution in [0.1, 0.15) is 45.2 Å². The number of aromatic hydroxyl groups is 1. The lowest BCUT2D eigenvalue weighted by atomic mass is 10.1. The van der Waals surface area contributed by atoms with Crippen molar-refractivity contribution in [3.8, 4) is 16.2 Å². The number of nitrogens with zero attached hydrogens (tertiary/aromatic N) is 2. The smallest absolute Gasteiger partial charge is 0.281 e. The summed E-state index contributed by atoms with van der Waals surface area (Å²) in [5.74, 6) is -0.734. The van der Waals surface area contributed by atoms with Gasteiger partial charge in [0.1, 0.15) is 5.75 Å². The first kappa shape index (κ1) is 26.2. The molecule has 0 saturated carbocycles. The quantitative estimate of drug-likeness (QED) is 0.289. The Morgan fingerprint density at radius 2 is 1.86 bits per heavy atom. The maximum atomic E-state index is 12.8. The Labute approximate surface area is 225 Å². The van der Waals surface area contributed by atoms with Gasteiger partial charge in [-0.25, -0.2) is 5.43 Å². The average molecular weight is 566 g/mol. The lowest BCUT2D eigenvalue weighted by Crippen LogP contribution is -2.37. The van der Waals surface area contributed by atoms with E-state index in [4.69, 9.17) is 23.2 Å². The van der Waals surface area contributed by atoms with Crippen LogP contribution in [0.3, 0.4) is 0 Å². The number of halogens is 2. The lowest BCUT2D eigenvalue weighted by Gasteiger charge is -2.15. The fraction of sp³-hybridized carbons (Fsp3) is 0.250. The van der Waals surface area contributed by atoms with Crippen LogP contribution in [-0.2, 0) is 4.79 Å². The summed E-state index contributed by atoms with van der Waals surface area (Å²) in [7, 11) is 0. The molecule has 3 N–H and O–H groups in total. The number of carbonyl (C=O) groups is 3. The van der Waals surface area contributed by atoms with Crippen LogP contribution in [0.15, 0.2) is 40.8 Å². The van der Waals surface area contributed by atoms with Crippen molar-refractivity contribution in [3.05, 3.63) is 61.1 Å². The Morgan fingerprint density at radius 1 is 1.11 bits per heavy atom. The summed E-state index contributed by atoms with van der Waals surface area (Å²) >= 11 is 14.5. The molecule has 4 rings (SSSR count). The van der Waals surface area contributed by atoms with Crippen LogP contribution in [0.5, 0.6) is 5.75 Å². The molecule has 1 aliphatic heterocycles. The summed E-state index contributed by atoms with van der Waals surface area (Å²) in [5.41, 5.74) is 4.09. The highest BCUT2D eigenvalue weighted by molar-refractivity contribution is 7.16. The Balaban J connectivity index is 1.40. The minimum atomic E-state index is -0.463. The Kier molecular flexibility index (Phi) is 7.99. The molecule has 1 unspecified atom stereocenters. The second kappa shape index (κ2) is 11.0. The summed E-state index contributed by atoms with van der Waals surface area (Å²) in [6.07, 6.45) is 0.695. The molecule has 12 heteroatoms. The Morgan fingerprint density at radius 3 is 2.58 bits per heavy atom. The fourth-order valence-corrected chi connectivity index (χ4v) is 5.95. The van der Waals surface area contributed by atoms with E-state index in [0.29, 0.717) is 61.0 Å². The van der Waals surface area contributed by atoms with Gasteiger partial charge in [-0.05, 0) is 43.2 Å². The molecule has 1 atom stereocenters. The van der Waals surface area contributed by atoms with Gasteiger partial charge in [-0.1, -0.05) is 29.3 Å². The van der Waals surface area contributed by atoms with E-state index in [-0.39, 0.29) is 23.6 Å². The number of nitrogens with one attached hydrogen (secondary N) is 2. The first-order chi connectivity index (χ1) is 17.1. The van der Waals surface area contributed by atoms with Crippen molar-refractivity contribution in [2.24, 2.45) is 5.10 Å². The van der Waals surface area contributed by atoms with E-state index in [1.54, 1.807) is 47.5 Å². The molecule has 1 fully saturated rings. The van der Waals surface area contributed by atoms with Crippen molar-refractivity contribution in [1.82, 2.24) is 15.6 Å². The minimum Gasteiger partial charge on any atom is -0.506 e. The molecule has 0 spiro atoms. The molecule has 36 heavy (non-hydrogen) atoms. The molecule has 2 aromatic heterocycles. The fourth-order valence-electron chi connectivity index (χ4n) is 3.78. The van der Waals surface area contributed by atoms with Crippen molar-refractivity contribution in [2.75, 3.05) is 13.1 Å². The monoisotopic (exact) mass is 564 g/mol. The van der Waals surface area contributed by atoms with Crippen LogP contribution in [0.4, 0.5) is 0 Å². The molecular formula is C24H22Cl2N4O4S2. The predicted octanol–water partition coefficient (Wildman–Crippen LogP) is 4.99. The highest BCUT2D eigenvalue weighted by atomic mass is 35.5. The summed E-state index contributed by atoms with van der Waals surface area (Å²) in [6.45, 7) is 4.10. The topological polar surface area (TPSA) is 111 Å². The van der Waals surface area contributed by atoms with Crippen molar-refractivity contribution >= 4 is 69.3 Å². The highest BCUT2D eigenvalue weighted by Gasteiger charge is 2.28. The van der Waals surface area contributed by atoms with Crippen LogP contribution in [0, 0.1) is 0 Å². The maximum absolute atomic E-state index is 12.8. The standard InChI is InChI=1S/C24H22Cl2N4O4S2/c1-12(16-11-35-22(21(16)32)14-3-4-17(25)18(26)9-14)28-29-23(33)19-5-6-20(36-19)24(34)30-8-7-15(10-30)27-13(2)31/h3-6,9,11,15,32H,7-8,10H2,1-2H3,(H,27,31)(H,29,33). The number of amides is 3. The first-order valence-corrected chi connectivity index (χ1v) is 13.4. The molecule has 1 saturated heterocycles. The Bertz CT molecular complexity index is 1370. The Hall–Kier alpha value is -2.92. The summed E-state index contributed by atoms with van der Waals surface area (Å²) in [4.78, 5) is 39.7. The van der Waals surface area contributed by atoms with Gasteiger partial charge in [0.05, 0.1) is 36.0 Å². The van der Waals surface area contributed by atoms with Gasteiger partial charge in [-0.15, -0.1) is 22.7 Å². The largest absolute Gasteiger partial charge is 0.506 e. The van der Waals surface area contributed by atoms with Crippen molar-refractivity contribution < 1.29 is 19.5 Å². The first-order valence-electron chi connectivity index (χ1n) is 10.9. The average Bonchev–Trinajstić information content (AvgIpc) is 3.58. The SMILES string of the molecule is CC(=O)NC1CCN(C(=O)c2ccc(C(=O)NN=C(C)c3csc(-c4ccc(Cl)c(Cl)c4)c3O)s2)C1. The number of carbonyl (C=O) groups excluding carboxylic acids is 3. The second-order valence-corrected chi connectivity index (χ2v) is 11.0. The molecule has 0 radical (unpaired) electrons. The summed E-state index contributed by atoms with van der Waals surface area (Å²) in [5, 5.41) is 20.2. The van der Waals surface area contributed by atoms with E-state index >= 15 is 0 Å². The number of hydrogen-bond acceptors (Lipinski definition) is 7.